The third-order valence-corrected chi connectivity index (χ3v) is 5.70. The first kappa shape index (κ1) is 24.6. The van der Waals surface area contributed by atoms with E-state index >= 15 is 0 Å². The Morgan fingerprint density at radius 3 is 2.22 bits per heavy atom. The molecule has 0 aliphatic rings. The summed E-state index contributed by atoms with van der Waals surface area (Å²) < 4.78 is 5.23. The van der Waals surface area contributed by atoms with E-state index in [1.807, 2.05) is 19.1 Å². The van der Waals surface area contributed by atoms with Crippen molar-refractivity contribution in [3.8, 4) is 5.75 Å². The van der Waals surface area contributed by atoms with E-state index in [9.17, 15) is 9.59 Å². The molecule has 7 nitrogen and oxygen atoms in total. The van der Waals surface area contributed by atoms with Gasteiger partial charge in [0, 0.05) is 22.3 Å². The molecular weight excluding hydrogens is 476 g/mol. The largest absolute Gasteiger partial charge is 0.497 e. The van der Waals surface area contributed by atoms with Crippen molar-refractivity contribution in [2.75, 3.05) is 17.7 Å². The zero-order valence-corrected chi connectivity index (χ0v) is 20.4. The molecule has 180 valence electrons. The number of hydrogen-bond donors (Lipinski definition) is 2. The summed E-state index contributed by atoms with van der Waals surface area (Å²) in [4.78, 5) is 26.0. The quantitative estimate of drug-likeness (QED) is 0.257. The number of carbonyl (C=O) groups is 2. The van der Waals surface area contributed by atoms with Crippen molar-refractivity contribution in [3.63, 3.8) is 0 Å². The van der Waals surface area contributed by atoms with Crippen LogP contribution in [0.2, 0.25) is 5.02 Å². The van der Waals surface area contributed by atoms with Gasteiger partial charge in [-0.3, -0.25) is 9.59 Å². The number of amides is 2. The average molecular weight is 499 g/mol. The van der Waals surface area contributed by atoms with E-state index in [0.29, 0.717) is 39.1 Å². The number of halogens is 1. The van der Waals surface area contributed by atoms with Crippen LogP contribution in [0.4, 0.5) is 22.7 Å². The Bertz CT molecular complexity index is 1440. The summed E-state index contributed by atoms with van der Waals surface area (Å²) in [6, 6.07) is 26.0. The number of carbonyl (C=O) groups excluding carboxylic acids is 2. The van der Waals surface area contributed by atoms with Crippen LogP contribution in [0.1, 0.15) is 26.3 Å². The molecule has 4 aromatic carbocycles. The number of hydrogen-bond acceptors (Lipinski definition) is 5. The third-order valence-electron chi connectivity index (χ3n) is 5.30. The maximum Gasteiger partial charge on any atom is 0.257 e. The van der Waals surface area contributed by atoms with Gasteiger partial charge in [0.2, 0.25) is 0 Å². The standard InChI is InChI=1S/C28H23ClN4O3/c1-18-11-12-22(17-25(18)29)33-32-21-13-14-26(31-27(34)19-7-4-3-5-8-19)24(16-21)28(35)30-20-9-6-10-23(15-20)36-2/h3-17H,1-2H3,(H,30,35)(H,31,34). The molecule has 0 atom stereocenters. The number of benzene rings is 4. The van der Waals surface area contributed by atoms with Crippen LogP contribution < -0.4 is 15.4 Å². The van der Waals surface area contributed by atoms with Crippen molar-refractivity contribution in [1.82, 2.24) is 0 Å². The lowest BCUT2D eigenvalue weighted by Gasteiger charge is -2.13. The Kier molecular flexibility index (Phi) is 7.72. The number of anilines is 2. The first-order valence-electron chi connectivity index (χ1n) is 11.1. The van der Waals surface area contributed by atoms with Gasteiger partial charge < -0.3 is 15.4 Å². The fourth-order valence-corrected chi connectivity index (χ4v) is 3.51. The lowest BCUT2D eigenvalue weighted by molar-refractivity contribution is 0.102. The summed E-state index contributed by atoms with van der Waals surface area (Å²) in [5.41, 5.74) is 3.51. The van der Waals surface area contributed by atoms with Crippen molar-refractivity contribution in [3.05, 3.63) is 113 Å². The minimum Gasteiger partial charge on any atom is -0.497 e. The minimum absolute atomic E-state index is 0.223. The number of nitrogens with one attached hydrogen (secondary N) is 2. The van der Waals surface area contributed by atoms with Crippen molar-refractivity contribution in [2.24, 2.45) is 10.2 Å². The van der Waals surface area contributed by atoms with E-state index in [0.717, 1.165) is 5.56 Å². The van der Waals surface area contributed by atoms with Crippen LogP contribution in [0.25, 0.3) is 0 Å². The van der Waals surface area contributed by atoms with Gasteiger partial charge in [-0.1, -0.05) is 41.9 Å². The molecule has 4 rings (SSSR count). The van der Waals surface area contributed by atoms with E-state index in [2.05, 4.69) is 20.9 Å². The van der Waals surface area contributed by atoms with Gasteiger partial charge in [-0.25, -0.2) is 0 Å². The van der Waals surface area contributed by atoms with E-state index in [4.69, 9.17) is 16.3 Å². The van der Waals surface area contributed by atoms with E-state index in [-0.39, 0.29) is 11.5 Å². The van der Waals surface area contributed by atoms with Crippen LogP contribution in [-0.2, 0) is 0 Å². The highest BCUT2D eigenvalue weighted by molar-refractivity contribution is 6.31. The molecule has 0 saturated carbocycles. The smallest absolute Gasteiger partial charge is 0.257 e. The van der Waals surface area contributed by atoms with Gasteiger partial charge in [0.1, 0.15) is 5.75 Å². The number of nitrogens with zero attached hydrogens (tertiary/aromatic N) is 2. The summed E-state index contributed by atoms with van der Waals surface area (Å²) in [6.45, 7) is 1.90. The molecule has 2 amide bonds. The Morgan fingerprint density at radius 2 is 1.50 bits per heavy atom. The molecule has 0 aliphatic heterocycles. The van der Waals surface area contributed by atoms with E-state index in [1.165, 1.54) is 0 Å². The zero-order valence-electron chi connectivity index (χ0n) is 19.7. The maximum atomic E-state index is 13.3. The predicted octanol–water partition coefficient (Wildman–Crippen LogP) is 7.58. The molecular formula is C28H23ClN4O3. The van der Waals surface area contributed by atoms with Crippen molar-refractivity contribution in [1.29, 1.82) is 0 Å². The SMILES string of the molecule is COc1cccc(NC(=O)c2cc(N=Nc3ccc(C)c(Cl)c3)ccc2NC(=O)c2ccccc2)c1. The Morgan fingerprint density at radius 1 is 0.778 bits per heavy atom. The molecule has 0 aromatic heterocycles. The summed E-state index contributed by atoms with van der Waals surface area (Å²) in [5, 5.41) is 14.7. The minimum atomic E-state index is -0.429. The van der Waals surface area contributed by atoms with Crippen molar-refractivity contribution >= 4 is 46.2 Å². The number of aryl methyl sites for hydroxylation is 1. The van der Waals surface area contributed by atoms with Gasteiger partial charge in [0.05, 0.1) is 29.7 Å². The molecule has 0 heterocycles. The molecule has 2 N–H and O–H groups in total. The Labute approximate surface area is 213 Å². The highest BCUT2D eigenvalue weighted by atomic mass is 35.5. The molecule has 0 aliphatic carbocycles. The van der Waals surface area contributed by atoms with Gasteiger partial charge >= 0.3 is 0 Å². The lowest BCUT2D eigenvalue weighted by atomic mass is 10.1. The zero-order chi connectivity index (χ0) is 25.5. The molecule has 0 fully saturated rings. The van der Waals surface area contributed by atoms with Gasteiger partial charge in [0.25, 0.3) is 11.8 Å². The average Bonchev–Trinajstić information content (AvgIpc) is 2.90. The van der Waals surface area contributed by atoms with Crippen LogP contribution >= 0.6 is 11.6 Å². The highest BCUT2D eigenvalue weighted by Gasteiger charge is 2.16. The summed E-state index contributed by atoms with van der Waals surface area (Å²) in [6.07, 6.45) is 0. The predicted molar refractivity (Wildman–Crippen MR) is 142 cm³/mol. The second-order valence-corrected chi connectivity index (χ2v) is 8.28. The monoisotopic (exact) mass is 498 g/mol. The van der Waals surface area contributed by atoms with Crippen LogP contribution in [0, 0.1) is 6.92 Å². The molecule has 0 spiro atoms. The fraction of sp³-hybridized carbons (Fsp3) is 0.0714. The van der Waals surface area contributed by atoms with Crippen molar-refractivity contribution in [2.45, 2.75) is 6.92 Å². The van der Waals surface area contributed by atoms with E-state index < -0.39 is 5.91 Å². The number of ether oxygens (including phenoxy) is 1. The molecule has 8 heteroatoms. The first-order valence-corrected chi connectivity index (χ1v) is 11.4. The Balaban J connectivity index is 1.65. The normalized spacial score (nSPS) is 10.8. The number of rotatable bonds is 7. The number of methoxy groups -OCH3 is 1. The summed E-state index contributed by atoms with van der Waals surface area (Å²) in [5.74, 6) is -0.165. The third kappa shape index (κ3) is 6.14. The van der Waals surface area contributed by atoms with Gasteiger partial charge in [-0.15, -0.1) is 0 Å². The molecule has 0 saturated heterocycles. The molecule has 0 unspecified atom stereocenters. The van der Waals surface area contributed by atoms with E-state index in [1.54, 1.807) is 86.0 Å². The lowest BCUT2D eigenvalue weighted by Crippen LogP contribution is -2.18. The second-order valence-electron chi connectivity index (χ2n) is 7.87. The summed E-state index contributed by atoms with van der Waals surface area (Å²) >= 11 is 6.18. The van der Waals surface area contributed by atoms with Crippen LogP contribution in [-0.4, -0.2) is 18.9 Å². The first-order chi connectivity index (χ1) is 17.4. The van der Waals surface area contributed by atoms with Gasteiger partial charge in [-0.05, 0) is 67.1 Å². The summed E-state index contributed by atoms with van der Waals surface area (Å²) in [7, 11) is 1.55. The van der Waals surface area contributed by atoms with Crippen LogP contribution in [0.15, 0.2) is 101 Å². The van der Waals surface area contributed by atoms with Crippen LogP contribution in [0.5, 0.6) is 5.75 Å². The van der Waals surface area contributed by atoms with Gasteiger partial charge in [-0.2, -0.15) is 10.2 Å². The second kappa shape index (κ2) is 11.3. The van der Waals surface area contributed by atoms with Gasteiger partial charge in [0.15, 0.2) is 0 Å². The Hall–Kier alpha value is -4.49. The van der Waals surface area contributed by atoms with Crippen LogP contribution in [0.3, 0.4) is 0 Å². The topological polar surface area (TPSA) is 92.2 Å². The molecule has 4 aromatic rings. The molecule has 36 heavy (non-hydrogen) atoms. The molecule has 0 bridgehead atoms. The molecule has 0 radical (unpaired) electrons. The highest BCUT2D eigenvalue weighted by Crippen LogP contribution is 2.28. The fourth-order valence-electron chi connectivity index (χ4n) is 3.33. The van der Waals surface area contributed by atoms with Crippen molar-refractivity contribution < 1.29 is 14.3 Å². The maximum absolute atomic E-state index is 13.3. The number of azo groups is 1.